The van der Waals surface area contributed by atoms with Gasteiger partial charge in [-0.15, -0.1) is 0 Å². The van der Waals surface area contributed by atoms with E-state index in [1.165, 1.54) is 4.31 Å². The summed E-state index contributed by atoms with van der Waals surface area (Å²) < 4.78 is 33.0. The molecule has 1 heterocycles. The average molecular weight is 377 g/mol. The van der Waals surface area contributed by atoms with Crippen molar-refractivity contribution in [2.24, 2.45) is 0 Å². The van der Waals surface area contributed by atoms with Crippen molar-refractivity contribution in [1.29, 1.82) is 0 Å². The minimum absolute atomic E-state index is 0.0570. The Bertz CT molecular complexity index is 586. The zero-order valence-electron chi connectivity index (χ0n) is 12.3. The number of halogens is 1. The maximum atomic E-state index is 12.7. The molecule has 1 N–H and O–H groups in total. The summed E-state index contributed by atoms with van der Waals surface area (Å²) in [5.41, 5.74) is 0. The zero-order chi connectivity index (χ0) is 15.5. The number of ether oxygens (including phenoxy) is 1. The molecule has 5 nitrogen and oxygen atoms in total. The van der Waals surface area contributed by atoms with Gasteiger partial charge in [0.05, 0.1) is 16.0 Å². The number of rotatable bonds is 5. The van der Waals surface area contributed by atoms with Crippen LogP contribution in [0.2, 0.25) is 0 Å². The molecule has 0 aromatic heterocycles. The molecule has 1 aliphatic rings. The fourth-order valence-corrected chi connectivity index (χ4v) is 4.53. The summed E-state index contributed by atoms with van der Waals surface area (Å²) in [6, 6.07) is 4.96. The number of hydrogen-bond acceptors (Lipinski definition) is 4. The van der Waals surface area contributed by atoms with E-state index in [9.17, 15) is 8.42 Å². The van der Waals surface area contributed by atoms with Crippen LogP contribution in [0.15, 0.2) is 27.6 Å². The van der Waals surface area contributed by atoms with Gasteiger partial charge in [-0.1, -0.05) is 0 Å². The minimum Gasteiger partial charge on any atom is -0.493 e. The topological polar surface area (TPSA) is 58.6 Å². The number of sulfonamides is 1. The van der Waals surface area contributed by atoms with Crippen LogP contribution in [0.25, 0.3) is 0 Å². The molecule has 1 fully saturated rings. The van der Waals surface area contributed by atoms with E-state index in [2.05, 4.69) is 21.2 Å². The van der Waals surface area contributed by atoms with Gasteiger partial charge in [0, 0.05) is 13.1 Å². The van der Waals surface area contributed by atoms with E-state index in [0.29, 0.717) is 21.7 Å². The van der Waals surface area contributed by atoms with Gasteiger partial charge in [-0.2, -0.15) is 4.31 Å². The van der Waals surface area contributed by atoms with Crippen LogP contribution in [0.1, 0.15) is 19.8 Å². The molecule has 0 radical (unpaired) electrons. The third kappa shape index (κ3) is 3.77. The molecule has 0 amide bonds. The molecule has 1 aliphatic heterocycles. The Balaban J connectivity index is 2.24. The van der Waals surface area contributed by atoms with Crippen molar-refractivity contribution in [1.82, 2.24) is 9.62 Å². The molecule has 0 saturated carbocycles. The van der Waals surface area contributed by atoms with Crippen molar-refractivity contribution >= 4 is 26.0 Å². The Morgan fingerprint density at radius 2 is 2.05 bits per heavy atom. The first-order valence-corrected chi connectivity index (χ1v) is 9.31. The first-order chi connectivity index (χ1) is 9.96. The maximum Gasteiger partial charge on any atom is 0.243 e. The predicted octanol–water partition coefficient (Wildman–Crippen LogP) is 2.22. The Morgan fingerprint density at radius 3 is 2.62 bits per heavy atom. The van der Waals surface area contributed by atoms with Crippen LogP contribution >= 0.6 is 15.9 Å². The van der Waals surface area contributed by atoms with E-state index in [4.69, 9.17) is 4.74 Å². The van der Waals surface area contributed by atoms with E-state index in [-0.39, 0.29) is 6.04 Å². The standard InChI is InChI=1S/C14H21BrN2O3S/c1-3-20-14-5-4-12(10-13(14)15)21(18,19)17(2)11-6-8-16-9-7-11/h4-5,10-11,16H,3,6-9H2,1-2H3. The lowest BCUT2D eigenvalue weighted by atomic mass is 10.1. The molecule has 1 saturated heterocycles. The molecule has 1 aromatic rings. The highest BCUT2D eigenvalue weighted by molar-refractivity contribution is 9.10. The van der Waals surface area contributed by atoms with Gasteiger partial charge in [0.2, 0.25) is 10.0 Å². The van der Waals surface area contributed by atoms with Gasteiger partial charge < -0.3 is 10.1 Å². The Labute approximate surface area is 134 Å². The molecule has 7 heteroatoms. The number of hydrogen-bond donors (Lipinski definition) is 1. The van der Waals surface area contributed by atoms with E-state index >= 15 is 0 Å². The van der Waals surface area contributed by atoms with E-state index < -0.39 is 10.0 Å². The van der Waals surface area contributed by atoms with Crippen LogP contribution in [0, 0.1) is 0 Å². The van der Waals surface area contributed by atoms with Crippen molar-refractivity contribution in [3.63, 3.8) is 0 Å². The van der Waals surface area contributed by atoms with Gasteiger partial charge in [-0.3, -0.25) is 0 Å². The molecule has 2 rings (SSSR count). The molecular formula is C14H21BrN2O3S. The van der Waals surface area contributed by atoms with Crippen LogP contribution in [0.5, 0.6) is 5.75 Å². The van der Waals surface area contributed by atoms with Crippen molar-refractivity contribution in [3.05, 3.63) is 22.7 Å². The third-order valence-corrected chi connectivity index (χ3v) is 6.23. The number of piperidine rings is 1. The van der Waals surface area contributed by atoms with Gasteiger partial charge in [0.15, 0.2) is 0 Å². The molecule has 0 bridgehead atoms. The summed E-state index contributed by atoms with van der Waals surface area (Å²) in [6.07, 6.45) is 1.68. The smallest absolute Gasteiger partial charge is 0.243 e. The van der Waals surface area contributed by atoms with Crippen LogP contribution < -0.4 is 10.1 Å². The summed E-state index contributed by atoms with van der Waals surface area (Å²) in [5, 5.41) is 3.25. The summed E-state index contributed by atoms with van der Waals surface area (Å²) in [4.78, 5) is 0.291. The molecule has 0 unspecified atom stereocenters. The van der Waals surface area contributed by atoms with Crippen LogP contribution in [-0.2, 0) is 10.0 Å². The van der Waals surface area contributed by atoms with Crippen molar-refractivity contribution < 1.29 is 13.2 Å². The molecule has 0 spiro atoms. The van der Waals surface area contributed by atoms with Gasteiger partial charge in [-0.25, -0.2) is 8.42 Å². The largest absolute Gasteiger partial charge is 0.493 e. The number of nitrogens with one attached hydrogen (secondary N) is 1. The summed E-state index contributed by atoms with van der Waals surface area (Å²) in [7, 11) is -1.81. The molecule has 0 aliphatic carbocycles. The van der Waals surface area contributed by atoms with Crippen molar-refractivity contribution in [3.8, 4) is 5.75 Å². The van der Waals surface area contributed by atoms with Crippen LogP contribution in [0.4, 0.5) is 0 Å². The van der Waals surface area contributed by atoms with Gasteiger partial charge in [0.25, 0.3) is 0 Å². The quantitative estimate of drug-likeness (QED) is 0.855. The first-order valence-electron chi connectivity index (χ1n) is 7.08. The second-order valence-electron chi connectivity index (χ2n) is 5.03. The highest BCUT2D eigenvalue weighted by Gasteiger charge is 2.29. The third-order valence-electron chi connectivity index (χ3n) is 3.70. The van der Waals surface area contributed by atoms with Crippen molar-refractivity contribution in [2.45, 2.75) is 30.7 Å². The summed E-state index contributed by atoms with van der Waals surface area (Å²) >= 11 is 3.37. The van der Waals surface area contributed by atoms with Gasteiger partial charge in [0.1, 0.15) is 5.75 Å². The van der Waals surface area contributed by atoms with Crippen LogP contribution in [0.3, 0.4) is 0 Å². The molecular weight excluding hydrogens is 356 g/mol. The fraction of sp³-hybridized carbons (Fsp3) is 0.571. The Morgan fingerprint density at radius 1 is 1.38 bits per heavy atom. The van der Waals surface area contributed by atoms with Crippen molar-refractivity contribution in [2.75, 3.05) is 26.7 Å². The molecule has 0 atom stereocenters. The fourth-order valence-electron chi connectivity index (χ4n) is 2.45. The van der Waals surface area contributed by atoms with Gasteiger partial charge in [-0.05, 0) is 67.0 Å². The maximum absolute atomic E-state index is 12.7. The normalized spacial score (nSPS) is 17.1. The predicted molar refractivity (Wildman–Crippen MR) is 86.2 cm³/mol. The monoisotopic (exact) mass is 376 g/mol. The lowest BCUT2D eigenvalue weighted by Gasteiger charge is -2.30. The van der Waals surface area contributed by atoms with E-state index in [1.54, 1.807) is 25.2 Å². The van der Waals surface area contributed by atoms with E-state index in [0.717, 1.165) is 25.9 Å². The lowest BCUT2D eigenvalue weighted by molar-refractivity contribution is 0.296. The van der Waals surface area contributed by atoms with Gasteiger partial charge >= 0.3 is 0 Å². The summed E-state index contributed by atoms with van der Waals surface area (Å²) in [6.45, 7) is 4.15. The second kappa shape index (κ2) is 7.09. The average Bonchev–Trinajstić information content (AvgIpc) is 2.49. The Hall–Kier alpha value is -0.630. The minimum atomic E-state index is -3.47. The van der Waals surface area contributed by atoms with Crippen LogP contribution in [-0.4, -0.2) is 45.5 Å². The Kier molecular flexibility index (Phi) is 5.65. The highest BCUT2D eigenvalue weighted by Crippen LogP contribution is 2.30. The lowest BCUT2D eigenvalue weighted by Crippen LogP contribution is -2.43. The second-order valence-corrected chi connectivity index (χ2v) is 7.88. The number of benzene rings is 1. The summed E-state index contributed by atoms with van der Waals surface area (Å²) in [5.74, 6) is 0.654. The van der Waals surface area contributed by atoms with E-state index in [1.807, 2.05) is 6.92 Å². The first kappa shape index (κ1) is 16.7. The molecule has 1 aromatic carbocycles. The molecule has 21 heavy (non-hydrogen) atoms. The SMILES string of the molecule is CCOc1ccc(S(=O)(=O)N(C)C2CCNCC2)cc1Br. The zero-order valence-corrected chi connectivity index (χ0v) is 14.7. The molecule has 118 valence electrons. The highest BCUT2D eigenvalue weighted by atomic mass is 79.9. The number of nitrogens with zero attached hydrogens (tertiary/aromatic N) is 1.